The standard InChI is InChI=1S/C16H18N2O4S/c1-18(14-8-4-3-5-9-14)23(20,21)15-10-6-7-13(11-15)17-16(19)12-22-2/h3-11H,12H2,1-2H3,(H,17,19). The summed E-state index contributed by atoms with van der Waals surface area (Å²) in [6.07, 6.45) is 0. The van der Waals surface area contributed by atoms with Crippen molar-refractivity contribution in [3.05, 3.63) is 54.6 Å². The molecule has 0 unspecified atom stereocenters. The predicted octanol–water partition coefficient (Wildman–Crippen LogP) is 2.10. The Morgan fingerprint density at radius 2 is 1.83 bits per heavy atom. The fourth-order valence-corrected chi connectivity index (χ4v) is 3.24. The molecule has 0 saturated carbocycles. The van der Waals surface area contributed by atoms with E-state index in [-0.39, 0.29) is 17.4 Å². The van der Waals surface area contributed by atoms with E-state index in [0.717, 1.165) is 0 Å². The van der Waals surface area contributed by atoms with Gasteiger partial charge in [-0.05, 0) is 30.3 Å². The molecule has 0 aliphatic carbocycles. The van der Waals surface area contributed by atoms with E-state index in [2.05, 4.69) is 5.32 Å². The average molecular weight is 334 g/mol. The maximum atomic E-state index is 12.7. The normalized spacial score (nSPS) is 11.0. The molecule has 1 N–H and O–H groups in total. The molecule has 6 nitrogen and oxygen atoms in total. The monoisotopic (exact) mass is 334 g/mol. The Bertz CT molecular complexity index is 776. The molecule has 23 heavy (non-hydrogen) atoms. The first kappa shape index (κ1) is 17.0. The number of rotatable bonds is 6. The zero-order valence-electron chi connectivity index (χ0n) is 12.9. The van der Waals surface area contributed by atoms with E-state index in [9.17, 15) is 13.2 Å². The van der Waals surface area contributed by atoms with Crippen molar-refractivity contribution in [1.29, 1.82) is 0 Å². The van der Waals surface area contributed by atoms with Crippen molar-refractivity contribution in [2.24, 2.45) is 0 Å². The van der Waals surface area contributed by atoms with Crippen LogP contribution in [0.3, 0.4) is 0 Å². The topological polar surface area (TPSA) is 75.7 Å². The highest BCUT2D eigenvalue weighted by Crippen LogP contribution is 2.23. The molecule has 0 heterocycles. The molecule has 0 fully saturated rings. The molecule has 122 valence electrons. The molecule has 0 radical (unpaired) electrons. The number of benzene rings is 2. The summed E-state index contributed by atoms with van der Waals surface area (Å²) < 4.78 is 31.3. The van der Waals surface area contributed by atoms with Crippen LogP contribution in [0.15, 0.2) is 59.5 Å². The van der Waals surface area contributed by atoms with Crippen molar-refractivity contribution in [3.63, 3.8) is 0 Å². The Kier molecular flexibility index (Phi) is 5.36. The Labute approximate surface area is 135 Å². The van der Waals surface area contributed by atoms with E-state index >= 15 is 0 Å². The molecule has 0 atom stereocenters. The zero-order chi connectivity index (χ0) is 16.9. The number of carbonyl (C=O) groups is 1. The third kappa shape index (κ3) is 4.08. The number of para-hydroxylation sites is 1. The lowest BCUT2D eigenvalue weighted by Gasteiger charge is -2.19. The lowest BCUT2D eigenvalue weighted by atomic mass is 10.3. The summed E-state index contributed by atoms with van der Waals surface area (Å²) in [6.45, 7) is -0.0963. The van der Waals surface area contributed by atoms with E-state index in [1.54, 1.807) is 36.4 Å². The molecule has 2 rings (SSSR count). The van der Waals surface area contributed by atoms with Gasteiger partial charge >= 0.3 is 0 Å². The van der Waals surface area contributed by atoms with E-state index in [1.165, 1.54) is 30.6 Å². The van der Waals surface area contributed by atoms with E-state index in [4.69, 9.17) is 4.74 Å². The fraction of sp³-hybridized carbons (Fsp3) is 0.188. The van der Waals surface area contributed by atoms with Crippen LogP contribution in [0.5, 0.6) is 0 Å². The van der Waals surface area contributed by atoms with Crippen LogP contribution in [-0.4, -0.2) is 35.1 Å². The van der Waals surface area contributed by atoms with Gasteiger partial charge in [0, 0.05) is 19.8 Å². The number of carbonyl (C=O) groups excluding carboxylic acids is 1. The van der Waals surface area contributed by atoms with Crippen LogP contribution < -0.4 is 9.62 Å². The number of hydrogen-bond acceptors (Lipinski definition) is 4. The van der Waals surface area contributed by atoms with Gasteiger partial charge in [-0.15, -0.1) is 0 Å². The molecular formula is C16H18N2O4S. The van der Waals surface area contributed by atoms with Crippen LogP contribution >= 0.6 is 0 Å². The molecule has 0 saturated heterocycles. The number of nitrogens with one attached hydrogen (secondary N) is 1. The Hall–Kier alpha value is -2.38. The third-order valence-electron chi connectivity index (χ3n) is 3.17. The Morgan fingerprint density at radius 3 is 2.48 bits per heavy atom. The van der Waals surface area contributed by atoms with Gasteiger partial charge in [-0.3, -0.25) is 9.10 Å². The lowest BCUT2D eigenvalue weighted by Crippen LogP contribution is -2.26. The molecule has 1 amide bonds. The Balaban J connectivity index is 2.28. The molecule has 0 aliphatic rings. The molecule has 0 aliphatic heterocycles. The van der Waals surface area contributed by atoms with Crippen LogP contribution in [-0.2, 0) is 19.6 Å². The number of hydrogen-bond donors (Lipinski definition) is 1. The molecule has 2 aromatic rings. The van der Waals surface area contributed by atoms with Crippen LogP contribution in [0.25, 0.3) is 0 Å². The smallest absolute Gasteiger partial charge is 0.264 e. The van der Waals surface area contributed by atoms with Crippen molar-refractivity contribution < 1.29 is 17.9 Å². The van der Waals surface area contributed by atoms with Gasteiger partial charge in [0.15, 0.2) is 0 Å². The second-order valence-electron chi connectivity index (χ2n) is 4.82. The van der Waals surface area contributed by atoms with Crippen LogP contribution in [0.2, 0.25) is 0 Å². The number of ether oxygens (including phenoxy) is 1. The number of methoxy groups -OCH3 is 1. The van der Waals surface area contributed by atoms with Crippen LogP contribution in [0, 0.1) is 0 Å². The van der Waals surface area contributed by atoms with Crippen molar-refractivity contribution in [2.75, 3.05) is 30.4 Å². The second kappa shape index (κ2) is 7.26. The lowest BCUT2D eigenvalue weighted by molar-refractivity contribution is -0.119. The molecular weight excluding hydrogens is 316 g/mol. The maximum absolute atomic E-state index is 12.7. The van der Waals surface area contributed by atoms with Crippen LogP contribution in [0.1, 0.15) is 0 Å². The number of anilines is 2. The minimum atomic E-state index is -3.71. The fourth-order valence-electron chi connectivity index (χ4n) is 2.00. The van der Waals surface area contributed by atoms with Gasteiger partial charge in [0.1, 0.15) is 6.61 Å². The first-order valence-corrected chi connectivity index (χ1v) is 8.32. The van der Waals surface area contributed by atoms with Gasteiger partial charge in [-0.1, -0.05) is 24.3 Å². The molecule has 0 bridgehead atoms. The van der Waals surface area contributed by atoms with Gasteiger partial charge < -0.3 is 10.1 Å². The minimum Gasteiger partial charge on any atom is -0.375 e. The largest absolute Gasteiger partial charge is 0.375 e. The van der Waals surface area contributed by atoms with E-state index in [0.29, 0.717) is 11.4 Å². The maximum Gasteiger partial charge on any atom is 0.264 e. The molecule has 0 spiro atoms. The first-order chi connectivity index (χ1) is 10.9. The second-order valence-corrected chi connectivity index (χ2v) is 6.79. The number of amides is 1. The van der Waals surface area contributed by atoms with Crippen LogP contribution in [0.4, 0.5) is 11.4 Å². The van der Waals surface area contributed by atoms with E-state index in [1.807, 2.05) is 6.07 Å². The quantitative estimate of drug-likeness (QED) is 0.878. The highest BCUT2D eigenvalue weighted by Gasteiger charge is 2.21. The third-order valence-corrected chi connectivity index (χ3v) is 4.95. The first-order valence-electron chi connectivity index (χ1n) is 6.88. The zero-order valence-corrected chi connectivity index (χ0v) is 13.7. The van der Waals surface area contributed by atoms with Gasteiger partial charge in [0.05, 0.1) is 10.6 Å². The SMILES string of the molecule is COCC(=O)Nc1cccc(S(=O)(=O)N(C)c2ccccc2)c1. The van der Waals surface area contributed by atoms with Crippen molar-refractivity contribution in [2.45, 2.75) is 4.90 Å². The summed E-state index contributed by atoms with van der Waals surface area (Å²) in [7, 11) is -0.813. The van der Waals surface area contributed by atoms with Gasteiger partial charge in [-0.2, -0.15) is 0 Å². The summed E-state index contributed by atoms with van der Waals surface area (Å²) in [6, 6.07) is 14.9. The summed E-state index contributed by atoms with van der Waals surface area (Å²) in [5.74, 6) is -0.349. The minimum absolute atomic E-state index is 0.0963. The predicted molar refractivity (Wildman–Crippen MR) is 89.0 cm³/mol. The molecule has 7 heteroatoms. The van der Waals surface area contributed by atoms with Gasteiger partial charge in [0.25, 0.3) is 10.0 Å². The number of sulfonamides is 1. The van der Waals surface area contributed by atoms with Crippen molar-refractivity contribution >= 4 is 27.3 Å². The van der Waals surface area contributed by atoms with E-state index < -0.39 is 10.0 Å². The van der Waals surface area contributed by atoms with Gasteiger partial charge in [-0.25, -0.2) is 8.42 Å². The average Bonchev–Trinajstić information content (AvgIpc) is 2.55. The van der Waals surface area contributed by atoms with Gasteiger partial charge in [0.2, 0.25) is 5.91 Å². The summed E-state index contributed by atoms with van der Waals surface area (Å²) in [5, 5.41) is 2.59. The summed E-state index contributed by atoms with van der Waals surface area (Å²) in [5.41, 5.74) is 0.955. The van der Waals surface area contributed by atoms with Crippen molar-refractivity contribution in [3.8, 4) is 0 Å². The van der Waals surface area contributed by atoms with Crippen molar-refractivity contribution in [1.82, 2.24) is 0 Å². The Morgan fingerprint density at radius 1 is 1.13 bits per heavy atom. The summed E-state index contributed by atoms with van der Waals surface area (Å²) in [4.78, 5) is 11.6. The summed E-state index contributed by atoms with van der Waals surface area (Å²) >= 11 is 0. The number of nitrogens with zero attached hydrogens (tertiary/aromatic N) is 1. The molecule has 2 aromatic carbocycles. The highest BCUT2D eigenvalue weighted by molar-refractivity contribution is 7.92. The highest BCUT2D eigenvalue weighted by atomic mass is 32.2. The molecule has 0 aromatic heterocycles.